The van der Waals surface area contributed by atoms with E-state index < -0.39 is 22.9 Å². The van der Waals surface area contributed by atoms with Crippen molar-refractivity contribution in [2.45, 2.75) is 92.6 Å². The number of fused-ring (bicyclic) bond motifs is 7. The number of carboxylic acids is 1. The van der Waals surface area contributed by atoms with Gasteiger partial charge in [-0.25, -0.2) is 0 Å². The fourth-order valence-electron chi connectivity index (χ4n) is 10.0. The molecule has 0 spiro atoms. The van der Waals surface area contributed by atoms with Crippen molar-refractivity contribution in [1.29, 1.82) is 0 Å². The van der Waals surface area contributed by atoms with Crippen molar-refractivity contribution in [3.8, 4) is 0 Å². The van der Waals surface area contributed by atoms with E-state index in [1.165, 1.54) is 5.57 Å². The number of carboxylic acid groups (broad SMARTS) is 1. The van der Waals surface area contributed by atoms with Gasteiger partial charge in [-0.2, -0.15) is 0 Å². The normalized spacial score (nSPS) is 52.5. The molecule has 0 aromatic rings. The summed E-state index contributed by atoms with van der Waals surface area (Å²) in [5, 5.41) is 31.6. The van der Waals surface area contributed by atoms with Gasteiger partial charge in [-0.1, -0.05) is 52.3 Å². The number of hydrogen-bond donors (Lipinski definition) is 3. The summed E-state index contributed by atoms with van der Waals surface area (Å²) < 4.78 is 0. The minimum Gasteiger partial charge on any atom is -0.481 e. The van der Waals surface area contributed by atoms with Gasteiger partial charge < -0.3 is 15.3 Å². The Morgan fingerprint density at radius 1 is 1.03 bits per heavy atom. The summed E-state index contributed by atoms with van der Waals surface area (Å²) in [4.78, 5) is 25.1. The summed E-state index contributed by atoms with van der Waals surface area (Å²) >= 11 is 0. The number of rotatable bonds is 2. The average Bonchev–Trinajstić information content (AvgIpc) is 2.78. The molecule has 5 aliphatic rings. The van der Waals surface area contributed by atoms with E-state index in [1.807, 2.05) is 6.08 Å². The van der Waals surface area contributed by atoms with Crippen LogP contribution in [0.5, 0.6) is 0 Å². The molecule has 0 radical (unpaired) electrons. The van der Waals surface area contributed by atoms with Gasteiger partial charge in [0.2, 0.25) is 0 Å². The Labute approximate surface area is 210 Å². The van der Waals surface area contributed by atoms with Gasteiger partial charge in [0.1, 0.15) is 0 Å². The van der Waals surface area contributed by atoms with Crippen LogP contribution in [-0.4, -0.2) is 39.8 Å². The van der Waals surface area contributed by atoms with Crippen LogP contribution in [0.4, 0.5) is 0 Å². The van der Waals surface area contributed by atoms with Crippen molar-refractivity contribution in [2.75, 3.05) is 6.61 Å². The predicted octanol–water partition coefficient (Wildman–Crippen LogP) is 5.16. The van der Waals surface area contributed by atoms with E-state index in [2.05, 4.69) is 46.8 Å². The summed E-state index contributed by atoms with van der Waals surface area (Å²) in [5.41, 5.74) is -0.859. The summed E-state index contributed by atoms with van der Waals surface area (Å²) in [6.45, 7) is 13.1. The molecule has 35 heavy (non-hydrogen) atoms. The smallest absolute Gasteiger partial charge is 0.312 e. The van der Waals surface area contributed by atoms with Gasteiger partial charge in [0.25, 0.3) is 0 Å². The van der Waals surface area contributed by atoms with Gasteiger partial charge in [0.05, 0.1) is 11.5 Å². The zero-order valence-electron chi connectivity index (χ0n) is 22.4. The number of allylic oxidation sites excluding steroid dienone is 4. The Balaban J connectivity index is 1.62. The maximum atomic E-state index is 12.8. The molecule has 3 N–H and O–H groups in total. The number of aliphatic hydroxyl groups is 2. The number of aliphatic hydroxyl groups excluding tert-OH is 2. The van der Waals surface area contributed by atoms with Crippen LogP contribution >= 0.6 is 0 Å². The minimum atomic E-state index is -1.21. The Hall–Kier alpha value is -1.46. The van der Waals surface area contributed by atoms with Gasteiger partial charge >= 0.3 is 5.97 Å². The van der Waals surface area contributed by atoms with Crippen molar-refractivity contribution in [3.05, 3.63) is 23.8 Å². The van der Waals surface area contributed by atoms with Crippen molar-refractivity contribution < 1.29 is 24.9 Å². The number of ketones is 1. The average molecular weight is 485 g/mol. The lowest BCUT2D eigenvalue weighted by atomic mass is 9.34. The highest BCUT2D eigenvalue weighted by Crippen LogP contribution is 2.74. The Morgan fingerprint density at radius 3 is 2.34 bits per heavy atom. The van der Waals surface area contributed by atoms with E-state index in [0.717, 1.165) is 32.1 Å². The van der Waals surface area contributed by atoms with Crippen LogP contribution in [0.25, 0.3) is 0 Å². The first kappa shape index (κ1) is 25.2. The second-order valence-electron chi connectivity index (χ2n) is 14.3. The van der Waals surface area contributed by atoms with Crippen LogP contribution in [-0.2, 0) is 9.59 Å². The van der Waals surface area contributed by atoms with Crippen molar-refractivity contribution in [1.82, 2.24) is 0 Å². The molecule has 3 saturated carbocycles. The fraction of sp³-hybridized carbons (Fsp3) is 0.800. The molecule has 0 bridgehead atoms. The Bertz CT molecular complexity index is 1030. The molecular formula is C30H44O5. The van der Waals surface area contributed by atoms with Crippen LogP contribution in [0.15, 0.2) is 23.8 Å². The quantitative estimate of drug-likeness (QED) is 0.471. The lowest BCUT2D eigenvalue weighted by Crippen LogP contribution is -2.64. The van der Waals surface area contributed by atoms with Crippen molar-refractivity contribution in [3.63, 3.8) is 0 Å². The van der Waals surface area contributed by atoms with E-state index in [1.54, 1.807) is 6.92 Å². The van der Waals surface area contributed by atoms with Crippen molar-refractivity contribution in [2.24, 2.45) is 50.2 Å². The third-order valence-corrected chi connectivity index (χ3v) is 12.8. The Morgan fingerprint density at radius 2 is 1.71 bits per heavy atom. The summed E-state index contributed by atoms with van der Waals surface area (Å²) in [6.07, 6.45) is 10.9. The van der Waals surface area contributed by atoms with Crippen LogP contribution < -0.4 is 0 Å². The highest BCUT2D eigenvalue weighted by Gasteiger charge is 2.68. The maximum absolute atomic E-state index is 12.8. The highest BCUT2D eigenvalue weighted by atomic mass is 16.4. The first-order valence-electron chi connectivity index (χ1n) is 13.6. The topological polar surface area (TPSA) is 94.8 Å². The monoisotopic (exact) mass is 484 g/mol. The van der Waals surface area contributed by atoms with Gasteiger partial charge in [-0.3, -0.25) is 9.59 Å². The van der Waals surface area contributed by atoms with Crippen molar-refractivity contribution >= 4 is 11.8 Å². The van der Waals surface area contributed by atoms with Crippen LogP contribution in [0, 0.1) is 50.2 Å². The second kappa shape index (κ2) is 7.31. The van der Waals surface area contributed by atoms with Gasteiger partial charge in [0.15, 0.2) is 5.78 Å². The molecule has 194 valence electrons. The summed E-state index contributed by atoms with van der Waals surface area (Å²) in [5.74, 6) is -0.0475. The lowest BCUT2D eigenvalue weighted by molar-refractivity contribution is -0.184. The van der Waals surface area contributed by atoms with Gasteiger partial charge in [-0.15, -0.1) is 0 Å². The van der Waals surface area contributed by atoms with E-state index in [-0.39, 0.29) is 40.0 Å². The predicted molar refractivity (Wildman–Crippen MR) is 134 cm³/mol. The standard InChI is InChI=1S/C30H44O5/c1-25(2)20-9-12-29(6)21(26(20,3)11-10-22(25)32)8-7-18-19-15-27(4,24(34)35)23(33)16-30(19,17-31)14-13-28(18,29)5/h7,10-11,19-21,23,31,33H,8-9,12-17H2,1-6H3,(H,34,35)/t19-,20-,21+,23-,26-,27-,28+,29+,30-/m0/s1. The summed E-state index contributed by atoms with van der Waals surface area (Å²) in [6, 6.07) is 0. The van der Waals surface area contributed by atoms with E-state index >= 15 is 0 Å². The molecule has 0 aliphatic heterocycles. The van der Waals surface area contributed by atoms with Gasteiger partial charge in [-0.05, 0) is 91.9 Å². The summed E-state index contributed by atoms with van der Waals surface area (Å²) in [7, 11) is 0. The van der Waals surface area contributed by atoms with Crippen LogP contribution in [0.3, 0.4) is 0 Å². The van der Waals surface area contributed by atoms with Crippen LogP contribution in [0.2, 0.25) is 0 Å². The van der Waals surface area contributed by atoms with E-state index in [4.69, 9.17) is 0 Å². The zero-order chi connectivity index (χ0) is 25.8. The highest BCUT2D eigenvalue weighted by molar-refractivity contribution is 5.95. The first-order chi connectivity index (χ1) is 16.1. The molecule has 0 aromatic heterocycles. The number of aliphatic carboxylic acids is 1. The molecule has 9 atom stereocenters. The SMILES string of the molecule is CC1(C)C(=O)C=C[C@]2(C)[C@H]3CC=C4[C@@H]5C[C@](C)(C(=O)O)[C@@H](O)C[C@]5(CO)CC[C@@]4(C)[C@]3(C)CC[C@@H]12. The van der Waals surface area contributed by atoms with Gasteiger partial charge in [0, 0.05) is 17.4 Å². The molecule has 5 aliphatic carbocycles. The molecule has 0 saturated heterocycles. The zero-order valence-corrected chi connectivity index (χ0v) is 22.4. The van der Waals surface area contributed by atoms with E-state index in [0.29, 0.717) is 24.7 Å². The molecule has 0 heterocycles. The molecule has 5 heteroatoms. The fourth-order valence-corrected chi connectivity index (χ4v) is 10.0. The maximum Gasteiger partial charge on any atom is 0.312 e. The third kappa shape index (κ3) is 2.89. The third-order valence-electron chi connectivity index (χ3n) is 12.8. The molecule has 3 fully saturated rings. The first-order valence-corrected chi connectivity index (χ1v) is 13.6. The molecule has 0 unspecified atom stereocenters. The minimum absolute atomic E-state index is 0.0143. The molecule has 0 amide bonds. The van der Waals surface area contributed by atoms with Crippen LogP contribution in [0.1, 0.15) is 86.5 Å². The number of carbonyl (C=O) groups excluding carboxylic acids is 1. The lowest BCUT2D eigenvalue weighted by Gasteiger charge is -2.70. The number of hydrogen-bond acceptors (Lipinski definition) is 4. The molecule has 5 nitrogen and oxygen atoms in total. The Kier molecular flexibility index (Phi) is 5.26. The molecular weight excluding hydrogens is 440 g/mol. The second-order valence-corrected chi connectivity index (χ2v) is 14.3. The molecule has 0 aromatic carbocycles. The molecule has 5 rings (SSSR count). The van der Waals surface area contributed by atoms with E-state index in [9.17, 15) is 24.9 Å². The number of carbonyl (C=O) groups is 2. The largest absolute Gasteiger partial charge is 0.481 e.